The van der Waals surface area contributed by atoms with Gasteiger partial charge in [-0.3, -0.25) is 9.59 Å². The van der Waals surface area contributed by atoms with Crippen LogP contribution in [0.3, 0.4) is 0 Å². The lowest BCUT2D eigenvalue weighted by molar-refractivity contribution is -0.838. The van der Waals surface area contributed by atoms with E-state index in [2.05, 4.69) is 5.32 Å². The van der Waals surface area contributed by atoms with Gasteiger partial charge in [0.2, 0.25) is 17.4 Å². The van der Waals surface area contributed by atoms with Crippen molar-refractivity contribution in [3.05, 3.63) is 57.0 Å². The largest absolute Gasteiger partial charge is 0.633 e. The first-order valence-corrected chi connectivity index (χ1v) is 8.08. The van der Waals surface area contributed by atoms with E-state index in [1.165, 1.54) is 14.1 Å². The van der Waals surface area contributed by atoms with Gasteiger partial charge in [0.15, 0.2) is 17.3 Å². The fourth-order valence-electron chi connectivity index (χ4n) is 2.99. The molecule has 0 radical (unpaired) electrons. The van der Waals surface area contributed by atoms with E-state index in [0.717, 1.165) is 12.1 Å². The van der Waals surface area contributed by atoms with E-state index in [0.29, 0.717) is 0 Å². The number of hydrogen-bond acceptors (Lipinski definition) is 6. The minimum absolute atomic E-state index is 0.00624. The van der Waals surface area contributed by atoms with Crippen molar-refractivity contribution in [2.24, 2.45) is 0 Å². The molecule has 0 spiro atoms. The number of likely N-dealkylation sites (N-methyl/N-ethyl adjacent to an activating group) is 1. The van der Waals surface area contributed by atoms with Gasteiger partial charge in [-0.15, -0.1) is 0 Å². The summed E-state index contributed by atoms with van der Waals surface area (Å²) in [5.74, 6) is -9.84. The number of phenols is 2. The number of carbonyl (C=O) groups excluding carboxylic acids is 2. The molecule has 3 rings (SSSR count). The zero-order valence-corrected chi connectivity index (χ0v) is 14.8. The molecule has 2 aromatic carbocycles. The molecule has 0 fully saturated rings. The Bertz CT molecular complexity index is 1030. The smallest absolute Gasteiger partial charge is 0.205 e. The maximum atomic E-state index is 14.3. The normalized spacial score (nSPS) is 13.4. The van der Waals surface area contributed by atoms with Gasteiger partial charge in [0.25, 0.3) is 0 Å². The number of phenolic OH excluding ortho intramolecular Hbond substituents is 2. The van der Waals surface area contributed by atoms with Crippen LogP contribution >= 0.6 is 0 Å². The lowest BCUT2D eigenvalue weighted by Gasteiger charge is -2.34. The number of quaternary nitrogens is 1. The molecule has 0 aliphatic heterocycles. The number of fused-ring (bicyclic) bond motifs is 2. The van der Waals surface area contributed by atoms with Gasteiger partial charge in [-0.25, -0.2) is 4.39 Å². The predicted molar refractivity (Wildman–Crippen MR) is 91.8 cm³/mol. The highest BCUT2D eigenvalue weighted by Gasteiger charge is 2.40. The summed E-state index contributed by atoms with van der Waals surface area (Å²) in [7, 11) is 2.70. The third-order valence-electron chi connectivity index (χ3n) is 4.36. The summed E-state index contributed by atoms with van der Waals surface area (Å²) in [5, 5.41) is 33.8. The number of rotatable bonds is 4. The molecule has 7 nitrogen and oxygen atoms in total. The summed E-state index contributed by atoms with van der Waals surface area (Å²) in [6.07, 6.45) is 0. The average molecular weight is 396 g/mol. The van der Waals surface area contributed by atoms with Crippen LogP contribution in [0.2, 0.25) is 0 Å². The summed E-state index contributed by atoms with van der Waals surface area (Å²) in [6, 6.07) is 1.84. The molecule has 1 aliphatic carbocycles. The molecule has 28 heavy (non-hydrogen) atoms. The molecule has 0 aromatic heterocycles. The first kappa shape index (κ1) is 19.6. The molecular formula is C18H15F3N2O5. The Labute approximate surface area is 156 Å². The highest BCUT2D eigenvalue weighted by atomic mass is 19.2. The Morgan fingerprint density at radius 3 is 2.04 bits per heavy atom. The van der Waals surface area contributed by atoms with E-state index in [9.17, 15) is 38.2 Å². The van der Waals surface area contributed by atoms with E-state index < -0.39 is 67.5 Å². The second kappa shape index (κ2) is 6.50. The first-order chi connectivity index (χ1) is 13.0. The van der Waals surface area contributed by atoms with Gasteiger partial charge in [-0.05, 0) is 12.1 Å². The predicted octanol–water partition coefficient (Wildman–Crippen LogP) is 2.28. The monoisotopic (exact) mass is 396 g/mol. The zero-order chi connectivity index (χ0) is 21.0. The van der Waals surface area contributed by atoms with Crippen molar-refractivity contribution < 1.29 is 37.6 Å². The SMILES string of the molecule is C[N+](C)([O-])CCNc1c(F)ccc2c1C(=O)c1c(O)c(F)c(F)c(O)c1C2=O. The lowest BCUT2D eigenvalue weighted by atomic mass is 9.81. The van der Waals surface area contributed by atoms with E-state index in [1.54, 1.807) is 0 Å². The van der Waals surface area contributed by atoms with Crippen molar-refractivity contribution in [1.29, 1.82) is 0 Å². The summed E-state index contributed by atoms with van der Waals surface area (Å²) >= 11 is 0. The van der Waals surface area contributed by atoms with Crippen LogP contribution in [0.1, 0.15) is 31.8 Å². The molecule has 0 atom stereocenters. The second-order valence-electron chi connectivity index (χ2n) is 6.80. The summed E-state index contributed by atoms with van der Waals surface area (Å²) in [5.41, 5.74) is -3.14. The molecule has 0 bridgehead atoms. The topological polar surface area (TPSA) is 110 Å². The maximum Gasteiger partial charge on any atom is 0.205 e. The summed E-state index contributed by atoms with van der Waals surface area (Å²) in [6.45, 7) is -0.0685. The van der Waals surface area contributed by atoms with Gasteiger partial charge in [-0.2, -0.15) is 8.78 Å². The van der Waals surface area contributed by atoms with Crippen LogP contribution in [0.25, 0.3) is 0 Å². The number of benzene rings is 2. The minimum atomic E-state index is -1.91. The average Bonchev–Trinajstić information content (AvgIpc) is 2.61. The third-order valence-corrected chi connectivity index (χ3v) is 4.36. The van der Waals surface area contributed by atoms with Crippen LogP contribution < -0.4 is 5.32 Å². The van der Waals surface area contributed by atoms with E-state index in [-0.39, 0.29) is 18.7 Å². The van der Waals surface area contributed by atoms with Crippen molar-refractivity contribution in [2.75, 3.05) is 32.5 Å². The molecule has 0 saturated heterocycles. The Hall–Kier alpha value is -3.11. The van der Waals surface area contributed by atoms with Gasteiger partial charge in [0, 0.05) is 5.56 Å². The van der Waals surface area contributed by atoms with Gasteiger partial charge in [0.1, 0.15) is 5.82 Å². The van der Waals surface area contributed by atoms with Crippen LogP contribution in [-0.2, 0) is 0 Å². The Balaban J connectivity index is 2.19. The maximum absolute atomic E-state index is 14.3. The van der Waals surface area contributed by atoms with Gasteiger partial charge >= 0.3 is 0 Å². The molecule has 0 unspecified atom stereocenters. The quantitative estimate of drug-likeness (QED) is 0.355. The Kier molecular flexibility index (Phi) is 4.56. The molecule has 0 heterocycles. The zero-order valence-electron chi connectivity index (χ0n) is 14.8. The molecule has 0 amide bonds. The van der Waals surface area contributed by atoms with Crippen LogP contribution in [0.5, 0.6) is 11.5 Å². The molecule has 10 heteroatoms. The van der Waals surface area contributed by atoms with E-state index in [4.69, 9.17) is 0 Å². The van der Waals surface area contributed by atoms with E-state index >= 15 is 0 Å². The second-order valence-corrected chi connectivity index (χ2v) is 6.80. The molecule has 3 N–H and O–H groups in total. The van der Waals surface area contributed by atoms with Crippen molar-refractivity contribution >= 4 is 17.3 Å². The van der Waals surface area contributed by atoms with Crippen LogP contribution in [0, 0.1) is 22.7 Å². The van der Waals surface area contributed by atoms with E-state index in [1.807, 2.05) is 0 Å². The van der Waals surface area contributed by atoms with Crippen molar-refractivity contribution in [2.45, 2.75) is 0 Å². The van der Waals surface area contributed by atoms with Crippen LogP contribution in [-0.4, -0.2) is 53.6 Å². The van der Waals surface area contributed by atoms with Gasteiger partial charge in [-0.1, -0.05) is 0 Å². The number of nitrogens with one attached hydrogen (secondary N) is 1. The number of hydroxylamine groups is 3. The van der Waals surface area contributed by atoms with Crippen molar-refractivity contribution in [1.82, 2.24) is 0 Å². The molecule has 2 aromatic rings. The number of ketones is 2. The fourth-order valence-corrected chi connectivity index (χ4v) is 2.99. The molecule has 1 aliphatic rings. The minimum Gasteiger partial charge on any atom is -0.633 e. The fraction of sp³-hybridized carbons (Fsp3) is 0.222. The molecule has 0 saturated carbocycles. The standard InChI is InChI=1S/C18H15F3N2O5/c1-23(2,28)6-5-22-14-8(19)4-3-7-9(14)16(25)11-10(15(7)24)17(26)12(20)13(21)18(11)27/h3-4,22,26-27H,5-6H2,1-2H3. The lowest BCUT2D eigenvalue weighted by Crippen LogP contribution is -2.37. The molecule has 148 valence electrons. The summed E-state index contributed by atoms with van der Waals surface area (Å²) in [4.78, 5) is 25.5. The highest BCUT2D eigenvalue weighted by molar-refractivity contribution is 6.31. The first-order valence-electron chi connectivity index (χ1n) is 8.08. The number of carbonyl (C=O) groups is 2. The van der Waals surface area contributed by atoms with Crippen LogP contribution in [0.15, 0.2) is 12.1 Å². The Morgan fingerprint density at radius 2 is 1.50 bits per heavy atom. The number of hydrogen-bond donors (Lipinski definition) is 3. The number of aromatic hydroxyl groups is 2. The number of anilines is 1. The van der Waals surface area contributed by atoms with Crippen molar-refractivity contribution in [3.8, 4) is 11.5 Å². The summed E-state index contributed by atoms with van der Waals surface area (Å²) < 4.78 is 41.2. The number of nitrogens with zero attached hydrogens (tertiary/aromatic N) is 1. The Morgan fingerprint density at radius 1 is 0.964 bits per heavy atom. The third kappa shape index (κ3) is 2.96. The number of halogens is 3. The van der Waals surface area contributed by atoms with Gasteiger partial charge in [0.05, 0.1) is 49.6 Å². The van der Waals surface area contributed by atoms with Gasteiger partial charge < -0.3 is 25.4 Å². The van der Waals surface area contributed by atoms with Crippen LogP contribution in [0.4, 0.5) is 18.9 Å². The molecular weight excluding hydrogens is 381 g/mol. The highest BCUT2D eigenvalue weighted by Crippen LogP contribution is 2.43. The van der Waals surface area contributed by atoms with Crippen molar-refractivity contribution in [3.63, 3.8) is 0 Å².